The number of nitrogens with two attached hydrogens (primary N) is 1. The zero-order chi connectivity index (χ0) is 14.3. The highest BCUT2D eigenvalue weighted by Crippen LogP contribution is 2.08. The Bertz CT molecular complexity index is 351. The Morgan fingerprint density at radius 3 is 2.89 bits per heavy atom. The first kappa shape index (κ1) is 15.8. The van der Waals surface area contributed by atoms with Crippen molar-refractivity contribution in [3.63, 3.8) is 0 Å². The third-order valence-electron chi connectivity index (χ3n) is 2.55. The van der Waals surface area contributed by atoms with Gasteiger partial charge >= 0.3 is 12.0 Å². The van der Waals surface area contributed by atoms with Crippen LogP contribution in [0.4, 0.5) is 4.79 Å². The van der Waals surface area contributed by atoms with E-state index in [1.807, 2.05) is 0 Å². The van der Waals surface area contributed by atoms with Crippen LogP contribution in [-0.2, 0) is 14.3 Å². The molecule has 0 aliphatic carbocycles. The Morgan fingerprint density at radius 2 is 2.32 bits per heavy atom. The van der Waals surface area contributed by atoms with E-state index in [1.165, 1.54) is 16.7 Å². The van der Waals surface area contributed by atoms with E-state index in [2.05, 4.69) is 5.32 Å². The molecule has 0 saturated carbocycles. The van der Waals surface area contributed by atoms with E-state index >= 15 is 0 Å². The fourth-order valence-electron chi connectivity index (χ4n) is 1.52. The predicted molar refractivity (Wildman–Crippen MR) is 71.7 cm³/mol. The summed E-state index contributed by atoms with van der Waals surface area (Å²) in [6, 6.07) is -0.994. The fraction of sp³-hybridized carbons (Fsp3) is 0.727. The van der Waals surface area contributed by atoms with Crippen molar-refractivity contribution in [1.82, 2.24) is 10.2 Å². The Hall–Kier alpha value is -1.28. The maximum atomic E-state index is 11.7. The van der Waals surface area contributed by atoms with Crippen LogP contribution >= 0.6 is 11.8 Å². The van der Waals surface area contributed by atoms with Crippen molar-refractivity contribution in [1.29, 1.82) is 0 Å². The molecule has 1 atom stereocenters. The molecule has 3 N–H and O–H groups in total. The van der Waals surface area contributed by atoms with Crippen molar-refractivity contribution in [3.05, 3.63) is 0 Å². The average molecular weight is 289 g/mol. The molecule has 0 aromatic rings. The molecule has 1 aliphatic heterocycles. The lowest BCUT2D eigenvalue weighted by Gasteiger charge is -2.12. The number of thioether (sulfide) groups is 1. The second kappa shape index (κ2) is 8.00. The molecular weight excluding hydrogens is 270 g/mol. The number of hydrogen-bond acceptors (Lipinski definition) is 6. The number of hydrogen-bond donors (Lipinski definition) is 2. The SMILES string of the molecule is CCOC(=O)C(N)CCSCC(=O)N1CCNC1=O. The summed E-state index contributed by atoms with van der Waals surface area (Å²) in [6.45, 7) is 2.95. The zero-order valence-electron chi connectivity index (χ0n) is 10.9. The molecule has 0 aromatic heterocycles. The quantitative estimate of drug-likeness (QED) is 0.486. The zero-order valence-corrected chi connectivity index (χ0v) is 11.7. The van der Waals surface area contributed by atoms with E-state index in [4.69, 9.17) is 10.5 Å². The molecule has 1 saturated heterocycles. The molecule has 1 unspecified atom stereocenters. The van der Waals surface area contributed by atoms with Crippen molar-refractivity contribution in [2.75, 3.05) is 31.2 Å². The first-order chi connectivity index (χ1) is 9.06. The van der Waals surface area contributed by atoms with Crippen LogP contribution in [0, 0.1) is 0 Å². The maximum Gasteiger partial charge on any atom is 0.324 e. The van der Waals surface area contributed by atoms with E-state index in [0.29, 0.717) is 31.9 Å². The number of ether oxygens (including phenoxy) is 1. The standard InChI is InChI=1S/C11H19N3O4S/c1-2-18-10(16)8(12)3-6-19-7-9(15)14-5-4-13-11(14)17/h8H,2-7,12H2,1H3,(H,13,17). The Morgan fingerprint density at radius 1 is 1.58 bits per heavy atom. The van der Waals surface area contributed by atoms with Gasteiger partial charge in [-0.05, 0) is 19.1 Å². The number of imide groups is 1. The molecule has 8 heteroatoms. The Labute approximate surface area is 116 Å². The number of nitrogens with zero attached hydrogens (tertiary/aromatic N) is 1. The molecule has 3 amide bonds. The van der Waals surface area contributed by atoms with Gasteiger partial charge in [0.1, 0.15) is 6.04 Å². The molecule has 1 aliphatic rings. The molecule has 19 heavy (non-hydrogen) atoms. The van der Waals surface area contributed by atoms with Crippen LogP contribution in [0.25, 0.3) is 0 Å². The van der Waals surface area contributed by atoms with Crippen molar-refractivity contribution >= 4 is 29.7 Å². The topological polar surface area (TPSA) is 102 Å². The fourth-order valence-corrected chi connectivity index (χ4v) is 2.42. The van der Waals surface area contributed by atoms with Crippen molar-refractivity contribution in [2.24, 2.45) is 5.73 Å². The molecule has 1 rings (SSSR count). The summed E-state index contributed by atoms with van der Waals surface area (Å²) in [6.07, 6.45) is 0.447. The normalized spacial score (nSPS) is 16.1. The minimum absolute atomic E-state index is 0.211. The second-order valence-corrected chi connectivity index (χ2v) is 5.08. The molecule has 0 aromatic carbocycles. The van der Waals surface area contributed by atoms with Crippen LogP contribution in [0.5, 0.6) is 0 Å². The summed E-state index contributed by atoms with van der Waals surface area (Å²) in [5, 5.41) is 2.56. The Balaban J connectivity index is 2.15. The Kier molecular flexibility index (Phi) is 6.65. The van der Waals surface area contributed by atoms with E-state index in [0.717, 1.165) is 0 Å². The molecule has 0 radical (unpaired) electrons. The summed E-state index contributed by atoms with van der Waals surface area (Å²) in [5.41, 5.74) is 5.62. The highest BCUT2D eigenvalue weighted by molar-refractivity contribution is 7.99. The third-order valence-corrected chi connectivity index (χ3v) is 3.52. The lowest BCUT2D eigenvalue weighted by molar-refractivity contribution is -0.144. The van der Waals surface area contributed by atoms with Gasteiger partial charge in [-0.2, -0.15) is 11.8 Å². The number of rotatable bonds is 7. The van der Waals surface area contributed by atoms with Crippen molar-refractivity contribution < 1.29 is 19.1 Å². The lowest BCUT2D eigenvalue weighted by Crippen LogP contribution is -2.36. The first-order valence-electron chi connectivity index (χ1n) is 6.14. The van der Waals surface area contributed by atoms with E-state index in [9.17, 15) is 14.4 Å². The molecule has 7 nitrogen and oxygen atoms in total. The summed E-state index contributed by atoms with van der Waals surface area (Å²) in [4.78, 5) is 35.3. The predicted octanol–water partition coefficient (Wildman–Crippen LogP) is -0.448. The van der Waals surface area contributed by atoms with Crippen LogP contribution < -0.4 is 11.1 Å². The van der Waals surface area contributed by atoms with E-state index < -0.39 is 12.0 Å². The van der Waals surface area contributed by atoms with Crippen LogP contribution in [0.1, 0.15) is 13.3 Å². The van der Waals surface area contributed by atoms with Gasteiger partial charge in [0.15, 0.2) is 0 Å². The molecule has 1 fully saturated rings. The highest BCUT2D eigenvalue weighted by Gasteiger charge is 2.25. The number of carbonyl (C=O) groups excluding carboxylic acids is 3. The third kappa shape index (κ3) is 5.07. The van der Waals surface area contributed by atoms with Crippen molar-refractivity contribution in [3.8, 4) is 0 Å². The minimum atomic E-state index is -0.655. The molecule has 0 bridgehead atoms. The van der Waals surface area contributed by atoms with Crippen LogP contribution in [-0.4, -0.2) is 60.1 Å². The van der Waals surface area contributed by atoms with Crippen LogP contribution in [0.15, 0.2) is 0 Å². The van der Waals surface area contributed by atoms with Gasteiger partial charge in [-0.3, -0.25) is 14.5 Å². The van der Waals surface area contributed by atoms with Crippen LogP contribution in [0.3, 0.4) is 0 Å². The summed E-state index contributed by atoms with van der Waals surface area (Å²) in [5.74, 6) is 0.141. The number of carbonyl (C=O) groups is 3. The van der Waals surface area contributed by atoms with Gasteiger partial charge < -0.3 is 15.8 Å². The molecule has 108 valence electrons. The molecule has 0 spiro atoms. The maximum absolute atomic E-state index is 11.7. The molecule has 1 heterocycles. The van der Waals surface area contributed by atoms with Gasteiger partial charge in [0.25, 0.3) is 0 Å². The largest absolute Gasteiger partial charge is 0.465 e. The van der Waals surface area contributed by atoms with Gasteiger partial charge in [0.2, 0.25) is 5.91 Å². The lowest BCUT2D eigenvalue weighted by atomic mass is 10.2. The number of nitrogens with one attached hydrogen (secondary N) is 1. The van der Waals surface area contributed by atoms with Crippen molar-refractivity contribution in [2.45, 2.75) is 19.4 Å². The molecular formula is C11H19N3O4S. The minimum Gasteiger partial charge on any atom is -0.465 e. The van der Waals surface area contributed by atoms with Gasteiger partial charge in [-0.1, -0.05) is 0 Å². The van der Waals surface area contributed by atoms with E-state index in [1.54, 1.807) is 6.92 Å². The summed E-state index contributed by atoms with van der Waals surface area (Å²) in [7, 11) is 0. The average Bonchev–Trinajstić information content (AvgIpc) is 2.80. The first-order valence-corrected chi connectivity index (χ1v) is 7.30. The van der Waals surface area contributed by atoms with Gasteiger partial charge in [-0.25, -0.2) is 4.79 Å². The highest BCUT2D eigenvalue weighted by atomic mass is 32.2. The van der Waals surface area contributed by atoms with E-state index in [-0.39, 0.29) is 17.7 Å². The van der Waals surface area contributed by atoms with Gasteiger partial charge in [0.05, 0.1) is 12.4 Å². The number of esters is 1. The van der Waals surface area contributed by atoms with Crippen LogP contribution in [0.2, 0.25) is 0 Å². The smallest absolute Gasteiger partial charge is 0.324 e. The summed E-state index contributed by atoms with van der Waals surface area (Å²) >= 11 is 1.36. The summed E-state index contributed by atoms with van der Waals surface area (Å²) < 4.78 is 4.78. The monoisotopic (exact) mass is 289 g/mol. The second-order valence-electron chi connectivity index (χ2n) is 3.98. The number of amides is 3. The number of urea groups is 1. The van der Waals surface area contributed by atoms with Gasteiger partial charge in [0, 0.05) is 13.1 Å². The van der Waals surface area contributed by atoms with Gasteiger partial charge in [-0.15, -0.1) is 0 Å².